The zero-order valence-corrected chi connectivity index (χ0v) is 9.48. The molecule has 2 rings (SSSR count). The quantitative estimate of drug-likeness (QED) is 0.760. The predicted molar refractivity (Wildman–Crippen MR) is 58.8 cm³/mol. The number of carboxylic acid groups (broad SMARTS) is 1. The van der Waals surface area contributed by atoms with Crippen LogP contribution >= 0.6 is 0 Å². The summed E-state index contributed by atoms with van der Waals surface area (Å²) in [4.78, 5) is 13.5. The number of nitrogens with zero attached hydrogens (tertiary/aromatic N) is 1. The Labute approximate surface area is 91.5 Å². The fourth-order valence-electron chi connectivity index (χ4n) is 3.08. The van der Waals surface area contributed by atoms with Crippen LogP contribution in [0.2, 0.25) is 0 Å². The second kappa shape index (κ2) is 4.52. The molecule has 3 heteroatoms. The monoisotopic (exact) mass is 211 g/mol. The van der Waals surface area contributed by atoms with Crippen LogP contribution in [0.1, 0.15) is 45.4 Å². The number of rotatable bonds is 2. The molecule has 1 N–H and O–H groups in total. The molecule has 0 aromatic rings. The fraction of sp³-hybridized carbons (Fsp3) is 0.917. The normalized spacial score (nSPS) is 34.5. The van der Waals surface area contributed by atoms with Crippen molar-refractivity contribution in [2.75, 3.05) is 6.54 Å². The van der Waals surface area contributed by atoms with Crippen LogP contribution in [0.4, 0.5) is 0 Å². The molecular weight excluding hydrogens is 190 g/mol. The summed E-state index contributed by atoms with van der Waals surface area (Å²) in [5, 5.41) is 9.25. The van der Waals surface area contributed by atoms with Gasteiger partial charge in [-0.3, -0.25) is 9.69 Å². The van der Waals surface area contributed by atoms with Crippen molar-refractivity contribution in [2.45, 2.75) is 57.5 Å². The summed E-state index contributed by atoms with van der Waals surface area (Å²) in [6.07, 6.45) is 6.98. The Balaban J connectivity index is 2.03. The van der Waals surface area contributed by atoms with Crippen LogP contribution in [0.3, 0.4) is 0 Å². The molecule has 1 aliphatic heterocycles. The average Bonchev–Trinajstić information content (AvgIpc) is 2.70. The standard InChI is InChI=1S/C12H21NO2/c1-9-6-7-13(10-4-2-3-5-10)11(8-9)12(14)15/h9-11H,2-8H2,1H3,(H,14,15). The van der Waals surface area contributed by atoms with Crippen LogP contribution in [0, 0.1) is 5.92 Å². The molecule has 3 nitrogen and oxygen atoms in total. The third-order valence-corrected chi connectivity index (χ3v) is 3.98. The van der Waals surface area contributed by atoms with Crippen LogP contribution in [-0.4, -0.2) is 34.6 Å². The largest absolute Gasteiger partial charge is 0.480 e. The van der Waals surface area contributed by atoms with Gasteiger partial charge in [0.25, 0.3) is 0 Å². The Morgan fingerprint density at radius 1 is 1.27 bits per heavy atom. The van der Waals surface area contributed by atoms with Crippen molar-refractivity contribution in [3.05, 3.63) is 0 Å². The second-order valence-electron chi connectivity index (χ2n) is 5.16. The average molecular weight is 211 g/mol. The minimum Gasteiger partial charge on any atom is -0.480 e. The highest BCUT2D eigenvalue weighted by Crippen LogP contribution is 2.31. The van der Waals surface area contributed by atoms with E-state index in [2.05, 4.69) is 11.8 Å². The van der Waals surface area contributed by atoms with E-state index in [-0.39, 0.29) is 6.04 Å². The lowest BCUT2D eigenvalue weighted by molar-refractivity contribution is -0.146. The smallest absolute Gasteiger partial charge is 0.320 e. The number of hydrogen-bond donors (Lipinski definition) is 1. The molecule has 86 valence electrons. The molecule has 0 bridgehead atoms. The van der Waals surface area contributed by atoms with Crippen molar-refractivity contribution in [1.29, 1.82) is 0 Å². The molecule has 2 atom stereocenters. The van der Waals surface area contributed by atoms with Gasteiger partial charge in [0, 0.05) is 6.04 Å². The van der Waals surface area contributed by atoms with Crippen LogP contribution in [0.25, 0.3) is 0 Å². The van der Waals surface area contributed by atoms with Crippen molar-refractivity contribution in [3.8, 4) is 0 Å². The third kappa shape index (κ3) is 2.33. The van der Waals surface area contributed by atoms with E-state index in [1.807, 2.05) is 0 Å². The van der Waals surface area contributed by atoms with Gasteiger partial charge >= 0.3 is 5.97 Å². The molecule has 1 aliphatic carbocycles. The molecule has 1 heterocycles. The number of hydrogen-bond acceptors (Lipinski definition) is 2. The maximum Gasteiger partial charge on any atom is 0.320 e. The van der Waals surface area contributed by atoms with Gasteiger partial charge in [-0.05, 0) is 38.1 Å². The molecule has 1 saturated heterocycles. The minimum atomic E-state index is -0.617. The molecule has 0 aromatic heterocycles. The van der Waals surface area contributed by atoms with Gasteiger partial charge in [0.2, 0.25) is 0 Å². The highest BCUT2D eigenvalue weighted by Gasteiger charge is 2.36. The minimum absolute atomic E-state index is 0.211. The SMILES string of the molecule is CC1CCN(C2CCCC2)C(C(=O)O)C1. The molecular formula is C12H21NO2. The maximum absolute atomic E-state index is 11.2. The molecule has 0 aromatic carbocycles. The highest BCUT2D eigenvalue weighted by molar-refractivity contribution is 5.73. The Kier molecular flexibility index (Phi) is 3.29. The van der Waals surface area contributed by atoms with Gasteiger partial charge in [0.05, 0.1) is 0 Å². The van der Waals surface area contributed by atoms with Crippen LogP contribution < -0.4 is 0 Å². The molecule has 2 fully saturated rings. The van der Waals surface area contributed by atoms with Crippen molar-refractivity contribution in [3.63, 3.8) is 0 Å². The van der Waals surface area contributed by atoms with Crippen molar-refractivity contribution < 1.29 is 9.90 Å². The number of carbonyl (C=O) groups is 1. The summed E-state index contributed by atoms with van der Waals surface area (Å²) in [5.74, 6) is -0.0443. The van der Waals surface area contributed by atoms with E-state index < -0.39 is 5.97 Å². The van der Waals surface area contributed by atoms with Crippen molar-refractivity contribution >= 4 is 5.97 Å². The van der Waals surface area contributed by atoms with Crippen molar-refractivity contribution in [1.82, 2.24) is 4.90 Å². The summed E-state index contributed by atoms with van der Waals surface area (Å²) < 4.78 is 0. The topological polar surface area (TPSA) is 40.5 Å². The van der Waals surface area contributed by atoms with E-state index in [0.717, 1.165) is 13.0 Å². The van der Waals surface area contributed by atoms with Gasteiger partial charge < -0.3 is 5.11 Å². The highest BCUT2D eigenvalue weighted by atomic mass is 16.4. The Morgan fingerprint density at radius 3 is 2.53 bits per heavy atom. The molecule has 2 unspecified atom stereocenters. The van der Waals surface area contributed by atoms with E-state index in [9.17, 15) is 9.90 Å². The van der Waals surface area contributed by atoms with Crippen LogP contribution in [0.15, 0.2) is 0 Å². The molecule has 0 amide bonds. The second-order valence-corrected chi connectivity index (χ2v) is 5.16. The van der Waals surface area contributed by atoms with Gasteiger partial charge in [-0.1, -0.05) is 19.8 Å². The van der Waals surface area contributed by atoms with Crippen LogP contribution in [0.5, 0.6) is 0 Å². The van der Waals surface area contributed by atoms with Gasteiger partial charge in [-0.2, -0.15) is 0 Å². The van der Waals surface area contributed by atoms with Gasteiger partial charge in [0.15, 0.2) is 0 Å². The zero-order valence-electron chi connectivity index (χ0n) is 9.48. The third-order valence-electron chi connectivity index (χ3n) is 3.98. The lowest BCUT2D eigenvalue weighted by Crippen LogP contribution is -2.50. The Hall–Kier alpha value is -0.570. The van der Waals surface area contributed by atoms with E-state index in [4.69, 9.17) is 0 Å². The first-order chi connectivity index (χ1) is 7.18. The first-order valence-corrected chi connectivity index (χ1v) is 6.17. The zero-order chi connectivity index (χ0) is 10.8. The van der Waals surface area contributed by atoms with Gasteiger partial charge in [-0.15, -0.1) is 0 Å². The summed E-state index contributed by atoms with van der Waals surface area (Å²) in [5.41, 5.74) is 0. The summed E-state index contributed by atoms with van der Waals surface area (Å²) in [6, 6.07) is 0.343. The number of aliphatic carboxylic acids is 1. The fourth-order valence-corrected chi connectivity index (χ4v) is 3.08. The predicted octanol–water partition coefficient (Wildman–Crippen LogP) is 2.11. The number of piperidine rings is 1. The van der Waals surface area contributed by atoms with E-state index in [0.29, 0.717) is 12.0 Å². The summed E-state index contributed by atoms with van der Waals surface area (Å²) in [6.45, 7) is 3.16. The lowest BCUT2D eigenvalue weighted by atomic mass is 9.91. The molecule has 0 spiro atoms. The Morgan fingerprint density at radius 2 is 1.93 bits per heavy atom. The van der Waals surface area contributed by atoms with Crippen molar-refractivity contribution in [2.24, 2.45) is 5.92 Å². The molecule has 2 aliphatic rings. The van der Waals surface area contributed by atoms with Gasteiger partial charge in [0.1, 0.15) is 6.04 Å². The number of carboxylic acids is 1. The molecule has 15 heavy (non-hydrogen) atoms. The number of likely N-dealkylation sites (tertiary alicyclic amines) is 1. The molecule has 0 radical (unpaired) electrons. The van der Waals surface area contributed by atoms with Gasteiger partial charge in [-0.25, -0.2) is 0 Å². The summed E-state index contributed by atoms with van der Waals surface area (Å²) >= 11 is 0. The van der Waals surface area contributed by atoms with E-state index in [1.54, 1.807) is 0 Å². The lowest BCUT2D eigenvalue weighted by Gasteiger charge is -2.39. The Bertz CT molecular complexity index is 236. The van der Waals surface area contributed by atoms with Crippen LogP contribution in [-0.2, 0) is 4.79 Å². The van der Waals surface area contributed by atoms with E-state index >= 15 is 0 Å². The van der Waals surface area contributed by atoms with E-state index in [1.165, 1.54) is 32.1 Å². The maximum atomic E-state index is 11.2. The first kappa shape index (κ1) is 10.9. The first-order valence-electron chi connectivity index (χ1n) is 6.17. The summed E-state index contributed by atoms with van der Waals surface area (Å²) in [7, 11) is 0. The molecule has 1 saturated carbocycles.